The molecule has 0 aliphatic rings. The molecule has 0 spiro atoms. The quantitative estimate of drug-likeness (QED) is 0.711. The number of hydrogen-bond donors (Lipinski definition) is 1. The predicted octanol–water partition coefficient (Wildman–Crippen LogP) is 3.56. The molecule has 0 bridgehead atoms. The molecule has 0 saturated carbocycles. The molecule has 2 rings (SSSR count). The molecule has 0 saturated heterocycles. The number of aryl methyl sites for hydroxylation is 2. The van der Waals surface area contributed by atoms with Gasteiger partial charge in [-0.15, -0.1) is 0 Å². The molecular formula is C22H30N2O4S. The van der Waals surface area contributed by atoms with Gasteiger partial charge in [0, 0.05) is 6.54 Å². The van der Waals surface area contributed by atoms with E-state index in [1.807, 2.05) is 58.0 Å². The molecule has 2 aromatic carbocycles. The molecule has 1 atom stereocenters. The molecule has 29 heavy (non-hydrogen) atoms. The van der Waals surface area contributed by atoms with Gasteiger partial charge in [-0.25, -0.2) is 8.42 Å². The molecule has 0 fully saturated rings. The van der Waals surface area contributed by atoms with E-state index in [1.165, 1.54) is 4.31 Å². The summed E-state index contributed by atoms with van der Waals surface area (Å²) in [5.41, 5.74) is 3.26. The minimum atomic E-state index is -3.64. The number of sulfonamides is 1. The van der Waals surface area contributed by atoms with Crippen LogP contribution in [0.2, 0.25) is 0 Å². The molecule has 0 heterocycles. The van der Waals surface area contributed by atoms with Crippen molar-refractivity contribution in [2.45, 2.75) is 53.3 Å². The Labute approximate surface area is 173 Å². The summed E-state index contributed by atoms with van der Waals surface area (Å²) in [6.45, 7) is 9.60. The summed E-state index contributed by atoms with van der Waals surface area (Å²) in [5.74, 6) is 0.401. The number of nitrogens with one attached hydrogen (secondary N) is 1. The second-order valence-electron chi connectivity index (χ2n) is 7.61. The van der Waals surface area contributed by atoms with E-state index in [9.17, 15) is 13.2 Å². The summed E-state index contributed by atoms with van der Waals surface area (Å²) in [5, 5.41) is 2.82. The number of carbonyl (C=O) groups is 1. The number of carbonyl (C=O) groups excluding carboxylic acids is 1. The zero-order chi connectivity index (χ0) is 21.8. The third kappa shape index (κ3) is 6.49. The van der Waals surface area contributed by atoms with E-state index in [0.29, 0.717) is 12.2 Å². The smallest absolute Gasteiger partial charge is 0.243 e. The van der Waals surface area contributed by atoms with Crippen LogP contribution in [0.4, 0.5) is 5.69 Å². The van der Waals surface area contributed by atoms with E-state index in [4.69, 9.17) is 4.74 Å². The Bertz CT molecular complexity index is 933. The van der Waals surface area contributed by atoms with E-state index in [0.717, 1.165) is 28.7 Å². The summed E-state index contributed by atoms with van der Waals surface area (Å²) in [6.07, 6.45) is 1.20. The van der Waals surface area contributed by atoms with Gasteiger partial charge in [0.05, 0.1) is 18.0 Å². The lowest BCUT2D eigenvalue weighted by molar-refractivity contribution is -0.122. The van der Waals surface area contributed by atoms with Crippen LogP contribution in [0, 0.1) is 13.8 Å². The fourth-order valence-electron chi connectivity index (χ4n) is 3.18. The normalized spacial score (nSPS) is 12.5. The molecule has 1 N–H and O–H groups in total. The minimum Gasteiger partial charge on any atom is -0.491 e. The van der Waals surface area contributed by atoms with Crippen LogP contribution >= 0.6 is 0 Å². The molecule has 1 amide bonds. The molecule has 7 heteroatoms. The molecular weight excluding hydrogens is 388 g/mol. The maximum atomic E-state index is 12.7. The summed E-state index contributed by atoms with van der Waals surface area (Å²) < 4.78 is 31.6. The lowest BCUT2D eigenvalue weighted by Crippen LogP contribution is -2.47. The average Bonchev–Trinajstić information content (AvgIpc) is 2.58. The van der Waals surface area contributed by atoms with Gasteiger partial charge in [-0.1, -0.05) is 18.2 Å². The third-order valence-corrected chi connectivity index (χ3v) is 5.55. The Hall–Kier alpha value is -2.54. The first-order valence-electron chi connectivity index (χ1n) is 9.58. The number of benzene rings is 2. The van der Waals surface area contributed by atoms with E-state index < -0.39 is 16.1 Å². The van der Waals surface area contributed by atoms with Gasteiger partial charge in [0.25, 0.3) is 0 Å². The van der Waals surface area contributed by atoms with Crippen molar-refractivity contribution in [2.75, 3.05) is 10.6 Å². The van der Waals surface area contributed by atoms with Gasteiger partial charge in [0.15, 0.2) is 0 Å². The number of amides is 1. The Morgan fingerprint density at radius 3 is 2.07 bits per heavy atom. The van der Waals surface area contributed by atoms with E-state index in [1.54, 1.807) is 19.1 Å². The second kappa shape index (κ2) is 9.31. The van der Waals surface area contributed by atoms with Crippen LogP contribution in [-0.4, -0.2) is 32.7 Å². The fourth-order valence-corrected chi connectivity index (χ4v) is 4.34. The molecule has 0 aliphatic carbocycles. The molecule has 0 aromatic heterocycles. The molecule has 0 aliphatic heterocycles. The average molecular weight is 419 g/mol. The Morgan fingerprint density at radius 2 is 1.59 bits per heavy atom. The first kappa shape index (κ1) is 22.7. The Balaban J connectivity index is 2.13. The second-order valence-corrected chi connectivity index (χ2v) is 9.47. The van der Waals surface area contributed by atoms with Crippen molar-refractivity contribution in [1.29, 1.82) is 0 Å². The fraction of sp³-hybridized carbons (Fsp3) is 0.409. The van der Waals surface area contributed by atoms with Crippen molar-refractivity contribution in [2.24, 2.45) is 0 Å². The van der Waals surface area contributed by atoms with Crippen molar-refractivity contribution in [1.82, 2.24) is 5.32 Å². The van der Waals surface area contributed by atoms with Gasteiger partial charge in [-0.2, -0.15) is 0 Å². The van der Waals surface area contributed by atoms with Crippen LogP contribution in [0.5, 0.6) is 5.75 Å². The largest absolute Gasteiger partial charge is 0.491 e. The van der Waals surface area contributed by atoms with E-state index >= 15 is 0 Å². The maximum Gasteiger partial charge on any atom is 0.243 e. The number of anilines is 1. The molecule has 0 radical (unpaired) electrons. The van der Waals surface area contributed by atoms with Gasteiger partial charge in [0.2, 0.25) is 15.9 Å². The summed E-state index contributed by atoms with van der Waals surface area (Å²) in [7, 11) is -3.64. The summed E-state index contributed by atoms with van der Waals surface area (Å²) >= 11 is 0. The van der Waals surface area contributed by atoms with Crippen LogP contribution in [0.3, 0.4) is 0 Å². The van der Waals surface area contributed by atoms with Crippen molar-refractivity contribution in [3.8, 4) is 5.75 Å². The monoisotopic (exact) mass is 418 g/mol. The van der Waals surface area contributed by atoms with Crippen molar-refractivity contribution < 1.29 is 17.9 Å². The highest BCUT2D eigenvalue weighted by molar-refractivity contribution is 7.92. The topological polar surface area (TPSA) is 75.7 Å². The van der Waals surface area contributed by atoms with Crippen LogP contribution in [0.15, 0.2) is 42.5 Å². The first-order chi connectivity index (χ1) is 13.5. The first-order valence-corrected chi connectivity index (χ1v) is 11.4. The van der Waals surface area contributed by atoms with Crippen LogP contribution in [0.1, 0.15) is 37.5 Å². The van der Waals surface area contributed by atoms with Crippen molar-refractivity contribution in [3.63, 3.8) is 0 Å². The SMILES string of the molecule is Cc1cc(C)cc(N(C(C)C(=O)NCc2ccc(OC(C)C)cc2)S(C)(=O)=O)c1. The molecule has 2 aromatic rings. The summed E-state index contributed by atoms with van der Waals surface area (Å²) in [6, 6.07) is 12.1. The number of nitrogens with zero attached hydrogens (tertiary/aromatic N) is 1. The lowest BCUT2D eigenvalue weighted by atomic mass is 10.1. The Kier molecular flexibility index (Phi) is 7.30. The Morgan fingerprint density at radius 1 is 1.03 bits per heavy atom. The third-order valence-electron chi connectivity index (χ3n) is 4.31. The zero-order valence-electron chi connectivity index (χ0n) is 17.9. The van der Waals surface area contributed by atoms with E-state index in [2.05, 4.69) is 5.32 Å². The van der Waals surface area contributed by atoms with Gasteiger partial charge in [0.1, 0.15) is 11.8 Å². The van der Waals surface area contributed by atoms with Crippen molar-refractivity contribution >= 4 is 21.6 Å². The maximum absolute atomic E-state index is 12.7. The van der Waals surface area contributed by atoms with Crippen LogP contribution in [0.25, 0.3) is 0 Å². The van der Waals surface area contributed by atoms with E-state index in [-0.39, 0.29) is 12.0 Å². The predicted molar refractivity (Wildman–Crippen MR) is 117 cm³/mol. The lowest BCUT2D eigenvalue weighted by Gasteiger charge is -2.28. The highest BCUT2D eigenvalue weighted by Gasteiger charge is 2.29. The highest BCUT2D eigenvalue weighted by atomic mass is 32.2. The van der Waals surface area contributed by atoms with Crippen LogP contribution in [-0.2, 0) is 21.4 Å². The van der Waals surface area contributed by atoms with Gasteiger partial charge >= 0.3 is 0 Å². The number of hydrogen-bond acceptors (Lipinski definition) is 4. The van der Waals surface area contributed by atoms with Crippen LogP contribution < -0.4 is 14.4 Å². The minimum absolute atomic E-state index is 0.0913. The molecule has 158 valence electrons. The zero-order valence-corrected chi connectivity index (χ0v) is 18.7. The van der Waals surface area contributed by atoms with Gasteiger partial charge in [-0.3, -0.25) is 9.10 Å². The molecule has 6 nitrogen and oxygen atoms in total. The highest BCUT2D eigenvalue weighted by Crippen LogP contribution is 2.24. The van der Waals surface area contributed by atoms with Gasteiger partial charge < -0.3 is 10.1 Å². The number of ether oxygens (including phenoxy) is 1. The molecule has 1 unspecified atom stereocenters. The standard InChI is InChI=1S/C22H30N2O4S/c1-15(2)28-21-9-7-19(8-10-21)14-23-22(25)18(5)24(29(6,26)27)20-12-16(3)11-17(4)13-20/h7-13,15,18H,14H2,1-6H3,(H,23,25). The van der Waals surface area contributed by atoms with Crippen molar-refractivity contribution in [3.05, 3.63) is 59.2 Å². The summed E-state index contributed by atoms with van der Waals surface area (Å²) in [4.78, 5) is 12.7. The van der Waals surface area contributed by atoms with Gasteiger partial charge in [-0.05, 0) is 75.6 Å². The number of rotatable bonds is 8.